The molecule has 0 radical (unpaired) electrons. The summed E-state index contributed by atoms with van der Waals surface area (Å²) in [6.45, 7) is 2.98. The number of rotatable bonds is 7. The maximum absolute atomic E-state index is 12.1. The van der Waals surface area contributed by atoms with Gasteiger partial charge in [-0.2, -0.15) is 0 Å². The summed E-state index contributed by atoms with van der Waals surface area (Å²) in [5, 5.41) is 10.9. The van der Waals surface area contributed by atoms with E-state index < -0.39 is 12.5 Å². The van der Waals surface area contributed by atoms with E-state index >= 15 is 0 Å². The second kappa shape index (κ2) is 7.17. The maximum Gasteiger partial charge on any atom is 0.228 e. The van der Waals surface area contributed by atoms with Crippen molar-refractivity contribution in [1.29, 1.82) is 0 Å². The van der Waals surface area contributed by atoms with Crippen LogP contribution in [0.5, 0.6) is 11.5 Å². The van der Waals surface area contributed by atoms with Crippen molar-refractivity contribution in [3.05, 3.63) is 48.5 Å². The van der Waals surface area contributed by atoms with Gasteiger partial charge in [-0.1, -0.05) is 13.8 Å². The quantitative estimate of drug-likeness (QED) is 0.852. The second-order valence-electron chi connectivity index (χ2n) is 5.22. The van der Waals surface area contributed by atoms with Crippen LogP contribution < -0.4 is 9.47 Å². The van der Waals surface area contributed by atoms with Crippen molar-refractivity contribution in [1.82, 2.24) is 9.97 Å². The third kappa shape index (κ3) is 3.71. The van der Waals surface area contributed by atoms with Crippen LogP contribution in [0.3, 0.4) is 0 Å². The number of nitrogens with zero attached hydrogens (tertiary/aromatic N) is 2. The normalized spacial score (nSPS) is 13.7. The molecule has 6 heteroatoms. The Morgan fingerprint density at radius 1 is 1.09 bits per heavy atom. The fourth-order valence-corrected chi connectivity index (χ4v) is 1.99. The van der Waals surface area contributed by atoms with Crippen LogP contribution in [0.25, 0.3) is 0 Å². The molecule has 2 aromatic rings. The zero-order chi connectivity index (χ0) is 16.0. The topological polar surface area (TPSA) is 64.5 Å². The van der Waals surface area contributed by atoms with E-state index in [1.54, 1.807) is 36.7 Å². The Hall–Kier alpha value is -2.21. The van der Waals surface area contributed by atoms with Gasteiger partial charge in [-0.3, -0.25) is 0 Å². The Morgan fingerprint density at radius 2 is 1.64 bits per heavy atom. The van der Waals surface area contributed by atoms with Gasteiger partial charge in [0.05, 0.1) is 0 Å². The van der Waals surface area contributed by atoms with Crippen LogP contribution in [0.1, 0.15) is 19.4 Å². The van der Waals surface area contributed by atoms with Gasteiger partial charge in [0.2, 0.25) is 6.86 Å². The molecule has 1 N–H and O–H groups in total. The Balaban J connectivity index is 2.09. The van der Waals surface area contributed by atoms with E-state index in [0.717, 1.165) is 0 Å². The fourth-order valence-electron chi connectivity index (χ4n) is 1.99. The van der Waals surface area contributed by atoms with E-state index in [2.05, 4.69) is 9.97 Å². The molecule has 0 spiro atoms. The van der Waals surface area contributed by atoms with Gasteiger partial charge in [-0.15, -0.1) is 0 Å². The average Bonchev–Trinajstić information content (AvgIpc) is 2.55. The third-order valence-electron chi connectivity index (χ3n) is 3.52. The first-order valence-corrected chi connectivity index (χ1v) is 6.95. The lowest BCUT2D eigenvalue weighted by Crippen LogP contribution is -2.38. The Labute approximate surface area is 128 Å². The van der Waals surface area contributed by atoms with Gasteiger partial charge >= 0.3 is 0 Å². The zero-order valence-corrected chi connectivity index (χ0v) is 12.6. The number of alkyl halides is 1. The van der Waals surface area contributed by atoms with Gasteiger partial charge in [-0.25, -0.2) is 14.4 Å². The van der Waals surface area contributed by atoms with Gasteiger partial charge in [0, 0.05) is 18.0 Å². The third-order valence-corrected chi connectivity index (χ3v) is 3.52. The molecule has 1 aromatic heterocycles. The number of aromatic nitrogens is 2. The van der Waals surface area contributed by atoms with Crippen LogP contribution in [-0.2, 0) is 5.60 Å². The molecule has 1 heterocycles. The molecule has 0 aliphatic heterocycles. The Bertz CT molecular complexity index is 578. The molecule has 5 nitrogen and oxygen atoms in total. The van der Waals surface area contributed by atoms with Crippen LogP contribution in [0, 0.1) is 5.92 Å². The van der Waals surface area contributed by atoms with Gasteiger partial charge in [0.15, 0.2) is 0 Å². The van der Waals surface area contributed by atoms with Crippen LogP contribution in [0.2, 0.25) is 0 Å². The van der Waals surface area contributed by atoms with E-state index in [0.29, 0.717) is 17.1 Å². The molecule has 0 bridgehead atoms. The molecule has 0 aliphatic carbocycles. The highest BCUT2D eigenvalue weighted by molar-refractivity contribution is 5.31. The largest absolute Gasteiger partial charge is 0.490 e. The van der Waals surface area contributed by atoms with Crippen molar-refractivity contribution in [3.63, 3.8) is 0 Å². The summed E-state index contributed by atoms with van der Waals surface area (Å²) in [5.74, 6) is 0.889. The summed E-state index contributed by atoms with van der Waals surface area (Å²) in [6, 6.07) is 6.53. The monoisotopic (exact) mass is 306 g/mol. The smallest absolute Gasteiger partial charge is 0.228 e. The molecule has 1 atom stereocenters. The van der Waals surface area contributed by atoms with Crippen molar-refractivity contribution in [2.45, 2.75) is 19.4 Å². The zero-order valence-electron chi connectivity index (χ0n) is 12.6. The molecule has 0 saturated heterocycles. The summed E-state index contributed by atoms with van der Waals surface area (Å²) in [7, 11) is 0. The lowest BCUT2D eigenvalue weighted by atomic mass is 9.85. The minimum atomic E-state index is -1.20. The summed E-state index contributed by atoms with van der Waals surface area (Å²) >= 11 is 0. The number of benzene rings is 1. The van der Waals surface area contributed by atoms with Gasteiger partial charge < -0.3 is 14.6 Å². The van der Waals surface area contributed by atoms with E-state index in [-0.39, 0.29) is 12.5 Å². The Kier molecular flexibility index (Phi) is 5.27. The molecule has 0 amide bonds. The summed E-state index contributed by atoms with van der Waals surface area (Å²) < 4.78 is 22.5. The molecule has 2 rings (SSSR count). The van der Waals surface area contributed by atoms with Crippen LogP contribution in [-0.4, -0.2) is 28.5 Å². The average molecular weight is 306 g/mol. The standard InChI is InChI=1S/C16H19FN2O3/c1-12(2)16(20,13-7-18-11-19-8-13)9-21-14-3-5-15(6-4-14)22-10-17/h3-8,11-12,20H,9-10H2,1-2H3. The van der Waals surface area contributed by atoms with Gasteiger partial charge in [0.25, 0.3) is 0 Å². The van der Waals surface area contributed by atoms with Crippen LogP contribution in [0.4, 0.5) is 4.39 Å². The second-order valence-corrected chi connectivity index (χ2v) is 5.22. The van der Waals surface area contributed by atoms with Crippen molar-refractivity contribution in [2.24, 2.45) is 5.92 Å². The van der Waals surface area contributed by atoms with Crippen molar-refractivity contribution < 1.29 is 19.0 Å². The van der Waals surface area contributed by atoms with Gasteiger partial charge in [0.1, 0.15) is 30.0 Å². The molecule has 0 fully saturated rings. The molecule has 1 unspecified atom stereocenters. The minimum Gasteiger partial charge on any atom is -0.490 e. The highest BCUT2D eigenvalue weighted by Crippen LogP contribution is 2.30. The summed E-state index contributed by atoms with van der Waals surface area (Å²) in [4.78, 5) is 7.88. The lowest BCUT2D eigenvalue weighted by Gasteiger charge is -2.31. The first-order chi connectivity index (χ1) is 10.6. The molecule has 0 aliphatic rings. The predicted molar refractivity (Wildman–Crippen MR) is 79.3 cm³/mol. The predicted octanol–water partition coefficient (Wildman–Crippen LogP) is 2.71. The molecule has 1 aromatic carbocycles. The molecule has 0 saturated carbocycles. The Morgan fingerprint density at radius 3 is 2.14 bits per heavy atom. The first-order valence-electron chi connectivity index (χ1n) is 6.95. The van der Waals surface area contributed by atoms with Crippen LogP contribution >= 0.6 is 0 Å². The minimum absolute atomic E-state index is 0.0569. The summed E-state index contributed by atoms with van der Waals surface area (Å²) in [5.41, 5.74) is -0.600. The lowest BCUT2D eigenvalue weighted by molar-refractivity contribution is -0.0491. The number of aliphatic hydroxyl groups is 1. The van der Waals surface area contributed by atoms with Crippen molar-refractivity contribution >= 4 is 0 Å². The molecular weight excluding hydrogens is 287 g/mol. The number of hydrogen-bond acceptors (Lipinski definition) is 5. The molecular formula is C16H19FN2O3. The van der Waals surface area contributed by atoms with E-state index in [1.807, 2.05) is 13.8 Å². The number of hydrogen-bond donors (Lipinski definition) is 1. The highest BCUT2D eigenvalue weighted by atomic mass is 19.1. The SMILES string of the molecule is CC(C)C(O)(COc1ccc(OCF)cc1)c1cncnc1. The maximum atomic E-state index is 12.1. The van der Waals surface area contributed by atoms with Crippen molar-refractivity contribution in [2.75, 3.05) is 13.5 Å². The van der Waals surface area contributed by atoms with Crippen LogP contribution in [0.15, 0.2) is 43.0 Å². The number of halogens is 1. The molecule has 118 valence electrons. The fraction of sp³-hybridized carbons (Fsp3) is 0.375. The highest BCUT2D eigenvalue weighted by Gasteiger charge is 2.34. The van der Waals surface area contributed by atoms with Crippen molar-refractivity contribution in [3.8, 4) is 11.5 Å². The van der Waals surface area contributed by atoms with E-state index in [4.69, 9.17) is 9.47 Å². The van der Waals surface area contributed by atoms with E-state index in [9.17, 15) is 9.50 Å². The first kappa shape index (κ1) is 16.2. The number of ether oxygens (including phenoxy) is 2. The summed E-state index contributed by atoms with van der Waals surface area (Å²) in [6.07, 6.45) is 4.57. The van der Waals surface area contributed by atoms with Gasteiger partial charge in [-0.05, 0) is 30.2 Å². The molecule has 22 heavy (non-hydrogen) atoms. The van der Waals surface area contributed by atoms with E-state index in [1.165, 1.54) is 6.33 Å².